The molecule has 0 saturated heterocycles. The normalized spacial score (nSPS) is 12.1. The molecule has 0 aliphatic carbocycles. The third kappa shape index (κ3) is 2.19. The molecule has 1 N–H and O–H groups in total. The SMILES string of the molecule is C=Cc1cc[n+](C(CC)C(=O)O)cc1. The molecule has 0 spiro atoms. The van der Waals surface area contributed by atoms with E-state index in [9.17, 15) is 4.79 Å². The van der Waals surface area contributed by atoms with E-state index in [4.69, 9.17) is 5.11 Å². The van der Waals surface area contributed by atoms with Gasteiger partial charge in [0.05, 0.1) is 0 Å². The van der Waals surface area contributed by atoms with Gasteiger partial charge in [-0.25, -0.2) is 4.79 Å². The predicted molar refractivity (Wildman–Crippen MR) is 53.7 cm³/mol. The third-order valence-corrected chi connectivity index (χ3v) is 2.15. The number of carboxylic acid groups (broad SMARTS) is 1. The predicted octanol–water partition coefficient (Wildman–Crippen LogP) is 1.65. The van der Waals surface area contributed by atoms with Crippen molar-refractivity contribution in [1.82, 2.24) is 0 Å². The molecule has 0 aromatic carbocycles. The molecule has 1 unspecified atom stereocenters. The van der Waals surface area contributed by atoms with Crippen LogP contribution in [0.3, 0.4) is 0 Å². The molecule has 3 nitrogen and oxygen atoms in total. The topological polar surface area (TPSA) is 41.2 Å². The van der Waals surface area contributed by atoms with Crippen molar-refractivity contribution in [1.29, 1.82) is 0 Å². The number of hydrogen-bond acceptors (Lipinski definition) is 1. The van der Waals surface area contributed by atoms with Crippen LogP contribution in [0.5, 0.6) is 0 Å². The van der Waals surface area contributed by atoms with E-state index in [1.807, 2.05) is 19.1 Å². The highest BCUT2D eigenvalue weighted by atomic mass is 16.4. The van der Waals surface area contributed by atoms with Gasteiger partial charge in [0.25, 0.3) is 6.04 Å². The van der Waals surface area contributed by atoms with Gasteiger partial charge in [0.1, 0.15) is 0 Å². The van der Waals surface area contributed by atoms with Crippen molar-refractivity contribution in [2.75, 3.05) is 0 Å². The minimum atomic E-state index is -0.802. The van der Waals surface area contributed by atoms with E-state index in [0.29, 0.717) is 6.42 Å². The summed E-state index contributed by atoms with van der Waals surface area (Å²) in [6, 6.07) is 3.21. The fourth-order valence-corrected chi connectivity index (χ4v) is 1.31. The molecule has 0 amide bonds. The number of pyridine rings is 1. The van der Waals surface area contributed by atoms with E-state index in [1.54, 1.807) is 23.0 Å². The molecule has 0 bridgehead atoms. The highest BCUT2D eigenvalue weighted by molar-refractivity contribution is 5.69. The lowest BCUT2D eigenvalue weighted by Crippen LogP contribution is -2.42. The van der Waals surface area contributed by atoms with Crippen LogP contribution >= 0.6 is 0 Å². The van der Waals surface area contributed by atoms with Crippen LogP contribution in [0.4, 0.5) is 0 Å². The van der Waals surface area contributed by atoms with Crippen LogP contribution in [0.1, 0.15) is 24.9 Å². The summed E-state index contributed by atoms with van der Waals surface area (Å²) in [6.07, 6.45) is 5.83. The lowest BCUT2D eigenvalue weighted by molar-refractivity contribution is -0.711. The van der Waals surface area contributed by atoms with Crippen LogP contribution in [0.25, 0.3) is 6.08 Å². The Bertz CT molecular complexity index is 330. The summed E-state index contributed by atoms with van der Waals surface area (Å²) < 4.78 is 1.69. The molecule has 0 radical (unpaired) electrons. The van der Waals surface area contributed by atoms with Gasteiger partial charge in [0.15, 0.2) is 12.4 Å². The van der Waals surface area contributed by atoms with Gasteiger partial charge >= 0.3 is 5.97 Å². The Morgan fingerprint density at radius 2 is 2.21 bits per heavy atom. The van der Waals surface area contributed by atoms with Crippen molar-refractivity contribution in [2.45, 2.75) is 19.4 Å². The molecule has 1 rings (SSSR count). The van der Waals surface area contributed by atoms with Crippen molar-refractivity contribution in [3.8, 4) is 0 Å². The number of nitrogens with zero attached hydrogens (tertiary/aromatic N) is 1. The van der Waals surface area contributed by atoms with E-state index >= 15 is 0 Å². The Morgan fingerprint density at radius 1 is 1.64 bits per heavy atom. The van der Waals surface area contributed by atoms with E-state index < -0.39 is 12.0 Å². The number of hydrogen-bond donors (Lipinski definition) is 1. The van der Waals surface area contributed by atoms with Gasteiger partial charge in [-0.15, -0.1) is 0 Å². The second kappa shape index (κ2) is 4.56. The molecule has 0 saturated carbocycles. The van der Waals surface area contributed by atoms with Crippen LogP contribution in [0.15, 0.2) is 31.1 Å². The maximum atomic E-state index is 10.8. The molecule has 1 aromatic rings. The maximum absolute atomic E-state index is 10.8. The molecule has 1 atom stereocenters. The number of carbonyl (C=O) groups is 1. The first-order chi connectivity index (χ1) is 6.69. The van der Waals surface area contributed by atoms with E-state index in [2.05, 4.69) is 6.58 Å². The molecule has 0 aliphatic heterocycles. The number of carboxylic acids is 1. The highest BCUT2D eigenvalue weighted by Gasteiger charge is 2.23. The molecule has 0 fully saturated rings. The maximum Gasteiger partial charge on any atom is 0.373 e. The zero-order chi connectivity index (χ0) is 10.6. The van der Waals surface area contributed by atoms with Gasteiger partial charge in [-0.1, -0.05) is 19.6 Å². The summed E-state index contributed by atoms with van der Waals surface area (Å²) in [7, 11) is 0. The lowest BCUT2D eigenvalue weighted by atomic mass is 10.2. The molecule has 0 aliphatic rings. The zero-order valence-corrected chi connectivity index (χ0v) is 8.18. The fourth-order valence-electron chi connectivity index (χ4n) is 1.31. The van der Waals surface area contributed by atoms with Crippen molar-refractivity contribution in [3.05, 3.63) is 36.7 Å². The summed E-state index contributed by atoms with van der Waals surface area (Å²) in [6.45, 7) is 5.49. The van der Waals surface area contributed by atoms with Crippen LogP contribution in [0.2, 0.25) is 0 Å². The summed E-state index contributed by atoms with van der Waals surface area (Å²) in [5.41, 5.74) is 0.987. The summed E-state index contributed by atoms with van der Waals surface area (Å²) in [5, 5.41) is 8.91. The molecule has 1 aromatic heterocycles. The second-order valence-corrected chi connectivity index (χ2v) is 3.05. The van der Waals surface area contributed by atoms with Crippen LogP contribution < -0.4 is 4.57 Å². The molecule has 1 heterocycles. The Labute approximate surface area is 83.3 Å². The standard InChI is InChI=1S/C11H13NO2/c1-3-9-5-7-12(8-6-9)10(4-2)11(13)14/h3,5-8,10H,1,4H2,2H3/p+1. The van der Waals surface area contributed by atoms with Gasteiger partial charge in [0, 0.05) is 18.6 Å². The van der Waals surface area contributed by atoms with Crippen LogP contribution in [0, 0.1) is 0 Å². The van der Waals surface area contributed by atoms with Gasteiger partial charge in [-0.3, -0.25) is 0 Å². The molecule has 3 heteroatoms. The number of rotatable bonds is 4. The lowest BCUT2D eigenvalue weighted by Gasteiger charge is -2.04. The average Bonchev–Trinajstić information content (AvgIpc) is 2.19. The highest BCUT2D eigenvalue weighted by Crippen LogP contribution is 2.03. The fraction of sp³-hybridized carbons (Fsp3) is 0.273. The minimum absolute atomic E-state index is 0.478. The van der Waals surface area contributed by atoms with Crippen molar-refractivity contribution >= 4 is 12.0 Å². The summed E-state index contributed by atoms with van der Waals surface area (Å²) >= 11 is 0. The molecular formula is C11H14NO2+. The van der Waals surface area contributed by atoms with Crippen molar-refractivity contribution in [3.63, 3.8) is 0 Å². The molecule has 74 valence electrons. The molecule has 14 heavy (non-hydrogen) atoms. The van der Waals surface area contributed by atoms with Crippen LogP contribution in [-0.4, -0.2) is 11.1 Å². The van der Waals surface area contributed by atoms with Gasteiger partial charge in [-0.2, -0.15) is 4.57 Å². The van der Waals surface area contributed by atoms with E-state index in [1.165, 1.54) is 0 Å². The summed E-state index contributed by atoms with van der Waals surface area (Å²) in [4.78, 5) is 10.8. The number of aliphatic carboxylic acids is 1. The first-order valence-corrected chi connectivity index (χ1v) is 4.55. The zero-order valence-electron chi connectivity index (χ0n) is 8.18. The van der Waals surface area contributed by atoms with Crippen molar-refractivity contribution < 1.29 is 14.5 Å². The first-order valence-electron chi connectivity index (χ1n) is 4.55. The Balaban J connectivity index is 2.94. The van der Waals surface area contributed by atoms with Gasteiger partial charge < -0.3 is 5.11 Å². The van der Waals surface area contributed by atoms with Crippen molar-refractivity contribution in [2.24, 2.45) is 0 Å². The minimum Gasteiger partial charge on any atom is -0.476 e. The Hall–Kier alpha value is -1.64. The van der Waals surface area contributed by atoms with Gasteiger partial charge in [0.2, 0.25) is 0 Å². The number of aromatic nitrogens is 1. The third-order valence-electron chi connectivity index (χ3n) is 2.15. The first kappa shape index (κ1) is 10.4. The monoisotopic (exact) mass is 192 g/mol. The Kier molecular flexibility index (Phi) is 3.40. The largest absolute Gasteiger partial charge is 0.476 e. The smallest absolute Gasteiger partial charge is 0.373 e. The molecular weight excluding hydrogens is 178 g/mol. The average molecular weight is 192 g/mol. The van der Waals surface area contributed by atoms with E-state index in [0.717, 1.165) is 5.56 Å². The van der Waals surface area contributed by atoms with Gasteiger partial charge in [-0.05, 0) is 5.56 Å². The quantitative estimate of drug-likeness (QED) is 0.737. The Morgan fingerprint density at radius 3 is 2.57 bits per heavy atom. The van der Waals surface area contributed by atoms with E-state index in [-0.39, 0.29) is 0 Å². The van der Waals surface area contributed by atoms with Crippen LogP contribution in [-0.2, 0) is 4.79 Å². The second-order valence-electron chi connectivity index (χ2n) is 3.05. The summed E-state index contributed by atoms with van der Waals surface area (Å²) in [5.74, 6) is -0.802.